The Morgan fingerprint density at radius 2 is 1.08 bits per heavy atom. The van der Waals surface area contributed by atoms with Crippen LogP contribution in [0.1, 0.15) is 19.3 Å². The van der Waals surface area contributed by atoms with Gasteiger partial charge in [0.1, 0.15) is 0 Å². The SMILES string of the molecule is CO[Si](C)(CCC(F)F)O[Si](C)(CCC(F)F)O[Si](C)(O)CCC(F)F. The number of rotatable bonds is 14. The summed E-state index contributed by atoms with van der Waals surface area (Å²) in [6.45, 7) is 4.24. The number of hydrogen-bond acceptors (Lipinski definition) is 4. The molecule has 0 saturated heterocycles. The number of hydrogen-bond donors (Lipinski definition) is 1. The lowest BCUT2D eigenvalue weighted by Gasteiger charge is -2.40. The van der Waals surface area contributed by atoms with Crippen LogP contribution in [0.3, 0.4) is 0 Å². The summed E-state index contributed by atoms with van der Waals surface area (Å²) < 4.78 is 92.0. The van der Waals surface area contributed by atoms with E-state index in [0.717, 1.165) is 0 Å². The maximum Gasteiger partial charge on any atom is 0.326 e. The van der Waals surface area contributed by atoms with E-state index in [2.05, 4.69) is 0 Å². The summed E-state index contributed by atoms with van der Waals surface area (Å²) >= 11 is 0. The molecule has 0 bridgehead atoms. The molecule has 3 unspecified atom stereocenters. The van der Waals surface area contributed by atoms with Gasteiger partial charge in [-0.3, -0.25) is 0 Å². The van der Waals surface area contributed by atoms with Crippen LogP contribution in [0.5, 0.6) is 0 Å². The molecule has 0 fully saturated rings. The van der Waals surface area contributed by atoms with Crippen LogP contribution in [0.4, 0.5) is 26.3 Å². The summed E-state index contributed by atoms with van der Waals surface area (Å²) in [5.41, 5.74) is 0. The predicted molar refractivity (Wildman–Crippen MR) is 92.5 cm³/mol. The molecule has 0 radical (unpaired) electrons. The lowest BCUT2D eigenvalue weighted by molar-refractivity contribution is 0.133. The van der Waals surface area contributed by atoms with Gasteiger partial charge in [-0.2, -0.15) is 0 Å². The Bertz CT molecular complexity index is 408. The largest absolute Gasteiger partial charge is 0.415 e. The summed E-state index contributed by atoms with van der Waals surface area (Å²) in [5, 5.41) is 0. The molecule has 3 atom stereocenters. The molecule has 0 saturated carbocycles. The molecule has 4 nitrogen and oxygen atoms in total. The highest BCUT2D eigenvalue weighted by atomic mass is 28.5. The van der Waals surface area contributed by atoms with Crippen molar-refractivity contribution in [3.63, 3.8) is 0 Å². The molecular weight excluding hydrogens is 418 g/mol. The van der Waals surface area contributed by atoms with Crippen LogP contribution >= 0.6 is 0 Å². The fourth-order valence-electron chi connectivity index (χ4n) is 2.41. The molecule has 1 N–H and O–H groups in total. The number of alkyl halides is 6. The Hall–Kier alpha value is 0.0706. The first-order chi connectivity index (χ1) is 11.7. The zero-order valence-corrected chi connectivity index (χ0v) is 18.4. The van der Waals surface area contributed by atoms with Crippen molar-refractivity contribution < 1.29 is 43.8 Å². The van der Waals surface area contributed by atoms with Crippen LogP contribution < -0.4 is 0 Å². The van der Waals surface area contributed by atoms with Crippen LogP contribution in [0.25, 0.3) is 0 Å². The van der Waals surface area contributed by atoms with E-state index in [4.69, 9.17) is 12.7 Å². The molecule has 0 aromatic rings. The van der Waals surface area contributed by atoms with Crippen LogP contribution in [0.15, 0.2) is 0 Å². The normalized spacial score (nSPS) is 19.6. The zero-order valence-electron chi connectivity index (χ0n) is 15.4. The molecule has 0 amide bonds. The van der Waals surface area contributed by atoms with Gasteiger partial charge in [0, 0.05) is 26.4 Å². The average molecular weight is 447 g/mol. The first kappa shape index (κ1) is 26.1. The van der Waals surface area contributed by atoms with Gasteiger partial charge in [-0.15, -0.1) is 0 Å². The van der Waals surface area contributed by atoms with Gasteiger partial charge in [0.15, 0.2) is 0 Å². The van der Waals surface area contributed by atoms with Crippen molar-refractivity contribution in [3.05, 3.63) is 0 Å². The fraction of sp³-hybridized carbons (Fsp3) is 1.00. The van der Waals surface area contributed by atoms with E-state index in [1.807, 2.05) is 0 Å². The van der Waals surface area contributed by atoms with E-state index in [1.54, 1.807) is 0 Å². The lowest BCUT2D eigenvalue weighted by atomic mass is 10.5. The average Bonchev–Trinajstić information content (AvgIpc) is 2.49. The maximum absolute atomic E-state index is 12.7. The van der Waals surface area contributed by atoms with Gasteiger partial charge in [-0.25, -0.2) is 26.3 Å². The zero-order chi connectivity index (χ0) is 20.6. The molecule has 0 aromatic carbocycles. The Kier molecular flexibility index (Phi) is 11.2. The number of halogens is 6. The molecule has 0 rings (SSSR count). The summed E-state index contributed by atoms with van der Waals surface area (Å²) in [5.74, 6) is 0. The highest BCUT2D eigenvalue weighted by Crippen LogP contribution is 2.31. The van der Waals surface area contributed by atoms with Crippen molar-refractivity contribution in [3.8, 4) is 0 Å². The Morgan fingerprint density at radius 1 is 0.692 bits per heavy atom. The van der Waals surface area contributed by atoms with Crippen LogP contribution in [-0.4, -0.2) is 56.9 Å². The molecule has 0 aromatic heterocycles. The van der Waals surface area contributed by atoms with Gasteiger partial charge in [0.2, 0.25) is 19.3 Å². The van der Waals surface area contributed by atoms with Crippen LogP contribution in [0.2, 0.25) is 37.8 Å². The van der Waals surface area contributed by atoms with E-state index in [1.165, 1.54) is 26.8 Å². The van der Waals surface area contributed by atoms with Gasteiger partial charge < -0.3 is 17.5 Å². The van der Waals surface area contributed by atoms with E-state index in [0.29, 0.717) is 0 Å². The highest BCUT2D eigenvalue weighted by molar-refractivity contribution is 6.85. The quantitative estimate of drug-likeness (QED) is 0.306. The van der Waals surface area contributed by atoms with Gasteiger partial charge in [-0.05, 0) is 37.8 Å². The van der Waals surface area contributed by atoms with Crippen molar-refractivity contribution in [2.45, 2.75) is 76.3 Å². The first-order valence-electron chi connectivity index (χ1n) is 8.25. The third-order valence-corrected chi connectivity index (χ3v) is 15.2. The Balaban J connectivity index is 5.25. The predicted octanol–water partition coefficient (Wildman–Crippen LogP) is 4.84. The van der Waals surface area contributed by atoms with Crippen LogP contribution in [-0.2, 0) is 12.7 Å². The van der Waals surface area contributed by atoms with Gasteiger partial charge in [0.25, 0.3) is 0 Å². The topological polar surface area (TPSA) is 47.9 Å². The third-order valence-electron chi connectivity index (χ3n) is 3.76. The Morgan fingerprint density at radius 3 is 1.46 bits per heavy atom. The highest BCUT2D eigenvalue weighted by Gasteiger charge is 2.47. The molecule has 158 valence electrons. The van der Waals surface area contributed by atoms with Crippen molar-refractivity contribution in [2.24, 2.45) is 0 Å². The van der Waals surface area contributed by atoms with Crippen molar-refractivity contribution in [2.75, 3.05) is 7.11 Å². The van der Waals surface area contributed by atoms with E-state index in [-0.39, 0.29) is 18.1 Å². The minimum atomic E-state index is -3.60. The van der Waals surface area contributed by atoms with Gasteiger partial charge in [-0.1, -0.05) is 0 Å². The molecular formula is C13H28F6O4Si3. The molecule has 13 heteroatoms. The summed E-state index contributed by atoms with van der Waals surface area (Å²) in [6, 6.07) is -0.570. The third kappa shape index (κ3) is 11.7. The molecule has 26 heavy (non-hydrogen) atoms. The van der Waals surface area contributed by atoms with E-state index >= 15 is 0 Å². The minimum absolute atomic E-state index is 0.0808. The molecule has 0 spiro atoms. The minimum Gasteiger partial charge on any atom is -0.415 e. The van der Waals surface area contributed by atoms with Crippen LogP contribution in [0, 0.1) is 0 Å². The maximum atomic E-state index is 12.7. The second kappa shape index (κ2) is 11.2. The molecule has 0 aliphatic rings. The first-order valence-corrected chi connectivity index (χ1v) is 15.9. The van der Waals surface area contributed by atoms with Crippen molar-refractivity contribution in [1.29, 1.82) is 0 Å². The fourth-order valence-corrected chi connectivity index (χ4v) is 14.7. The summed E-state index contributed by atoms with van der Waals surface area (Å²) in [6.07, 6.45) is -9.46. The summed E-state index contributed by atoms with van der Waals surface area (Å²) in [7, 11) is -8.95. The van der Waals surface area contributed by atoms with Crippen molar-refractivity contribution >= 4 is 25.7 Å². The van der Waals surface area contributed by atoms with E-state index in [9.17, 15) is 31.1 Å². The lowest BCUT2D eigenvalue weighted by Crippen LogP contribution is -2.57. The monoisotopic (exact) mass is 446 g/mol. The molecule has 0 aliphatic carbocycles. The molecule has 0 aliphatic heterocycles. The van der Waals surface area contributed by atoms with Gasteiger partial charge in [0.05, 0.1) is 0 Å². The van der Waals surface area contributed by atoms with E-state index < -0.39 is 64.2 Å². The van der Waals surface area contributed by atoms with Gasteiger partial charge >= 0.3 is 25.7 Å². The summed E-state index contributed by atoms with van der Waals surface area (Å²) in [4.78, 5) is 10.4. The second-order valence-electron chi connectivity index (χ2n) is 6.64. The molecule has 0 heterocycles. The van der Waals surface area contributed by atoms with Crippen molar-refractivity contribution in [1.82, 2.24) is 0 Å². The second-order valence-corrected chi connectivity index (χ2v) is 17.1. The standard InChI is InChI=1S/C13H28F6O4Si3/c1-21-25(3,9-6-12(16)17)23-26(4,10-7-13(18)19)22-24(2,20)8-5-11(14)15/h11-13,20H,5-10H2,1-4H3. The smallest absolute Gasteiger partial charge is 0.326 e. The Labute approximate surface area is 153 Å².